The Labute approximate surface area is 105 Å². The van der Waals surface area contributed by atoms with Crippen LogP contribution < -0.4 is 0 Å². The molecule has 82 valence electrons. The molecule has 0 radical (unpaired) electrons. The van der Waals surface area contributed by atoms with Crippen molar-refractivity contribution in [3.8, 4) is 12.1 Å². The van der Waals surface area contributed by atoms with Gasteiger partial charge in [-0.2, -0.15) is 10.5 Å². The first-order valence-corrected chi connectivity index (χ1v) is 5.25. The van der Waals surface area contributed by atoms with Crippen molar-refractivity contribution in [2.24, 2.45) is 0 Å². The topological polar surface area (TPSA) is 47.6 Å². The van der Waals surface area contributed by atoms with Gasteiger partial charge in [0.25, 0.3) is 0 Å². The van der Waals surface area contributed by atoms with Gasteiger partial charge in [-0.3, -0.25) is 0 Å². The van der Waals surface area contributed by atoms with Gasteiger partial charge >= 0.3 is 0 Å². The fourth-order valence-electron chi connectivity index (χ4n) is 1.06. The minimum absolute atomic E-state index is 0.514. The number of rotatable bonds is 0. The molecule has 0 saturated carbocycles. The highest BCUT2D eigenvalue weighted by atomic mass is 35.5. The molecule has 0 atom stereocenters. The standard InChI is InChI=1S/C7H4ClN.C7H5N/c8-7-4-2-1-3-6(7)5-9;8-6-7-4-2-1-3-5-7/h1-4H;1-5H. The Morgan fingerprint density at radius 1 is 0.765 bits per heavy atom. The van der Waals surface area contributed by atoms with Crippen molar-refractivity contribution in [2.45, 2.75) is 0 Å². The van der Waals surface area contributed by atoms with E-state index in [0.29, 0.717) is 16.1 Å². The molecular weight excluding hydrogens is 232 g/mol. The van der Waals surface area contributed by atoms with Gasteiger partial charge in [-0.1, -0.05) is 41.9 Å². The normalized spacial score (nSPS) is 8.18. The van der Waals surface area contributed by atoms with Gasteiger partial charge in [0.05, 0.1) is 22.2 Å². The summed E-state index contributed by atoms with van der Waals surface area (Å²) in [4.78, 5) is 0. The second-order valence-corrected chi connectivity index (χ2v) is 3.48. The van der Waals surface area contributed by atoms with Gasteiger partial charge in [0.1, 0.15) is 6.07 Å². The summed E-state index contributed by atoms with van der Waals surface area (Å²) in [7, 11) is 0. The van der Waals surface area contributed by atoms with Crippen molar-refractivity contribution in [2.75, 3.05) is 0 Å². The van der Waals surface area contributed by atoms with E-state index in [9.17, 15) is 0 Å². The zero-order valence-electron chi connectivity index (χ0n) is 8.97. The van der Waals surface area contributed by atoms with Crippen molar-refractivity contribution in [3.63, 3.8) is 0 Å². The number of halogens is 1. The van der Waals surface area contributed by atoms with E-state index >= 15 is 0 Å². The molecule has 0 saturated heterocycles. The third kappa shape index (κ3) is 4.38. The third-order valence-electron chi connectivity index (χ3n) is 1.90. The van der Waals surface area contributed by atoms with Crippen molar-refractivity contribution in [1.29, 1.82) is 10.5 Å². The Bertz CT molecular complexity index is 550. The first kappa shape index (κ1) is 12.8. The maximum Gasteiger partial charge on any atom is 0.101 e. The number of hydrogen-bond acceptors (Lipinski definition) is 2. The predicted molar refractivity (Wildman–Crippen MR) is 67.3 cm³/mol. The second kappa shape index (κ2) is 7.06. The first-order valence-electron chi connectivity index (χ1n) is 4.87. The summed E-state index contributed by atoms with van der Waals surface area (Å²) >= 11 is 5.60. The third-order valence-corrected chi connectivity index (χ3v) is 2.23. The molecule has 2 nitrogen and oxygen atoms in total. The zero-order valence-corrected chi connectivity index (χ0v) is 9.72. The van der Waals surface area contributed by atoms with E-state index in [-0.39, 0.29) is 0 Å². The van der Waals surface area contributed by atoms with E-state index in [1.165, 1.54) is 0 Å². The molecule has 0 unspecified atom stereocenters. The van der Waals surface area contributed by atoms with Gasteiger partial charge in [-0.05, 0) is 24.3 Å². The lowest BCUT2D eigenvalue weighted by molar-refractivity contribution is 1.48. The van der Waals surface area contributed by atoms with Crippen LogP contribution in [0.2, 0.25) is 5.02 Å². The lowest BCUT2D eigenvalue weighted by Crippen LogP contribution is -1.71. The Kier molecular flexibility index (Phi) is 5.31. The lowest BCUT2D eigenvalue weighted by atomic mass is 10.2. The number of benzene rings is 2. The molecular formula is C14H9ClN2. The van der Waals surface area contributed by atoms with Crippen LogP contribution in [0.1, 0.15) is 11.1 Å². The van der Waals surface area contributed by atoms with Crippen molar-refractivity contribution in [3.05, 3.63) is 70.7 Å². The van der Waals surface area contributed by atoms with E-state index in [1.54, 1.807) is 36.4 Å². The molecule has 2 aromatic rings. The highest BCUT2D eigenvalue weighted by Crippen LogP contribution is 2.12. The molecule has 0 heterocycles. The minimum Gasteiger partial charge on any atom is -0.192 e. The molecule has 17 heavy (non-hydrogen) atoms. The number of nitriles is 2. The summed E-state index contributed by atoms with van der Waals surface area (Å²) in [6.45, 7) is 0. The molecule has 3 heteroatoms. The van der Waals surface area contributed by atoms with Crippen LogP contribution >= 0.6 is 11.6 Å². The summed E-state index contributed by atoms with van der Waals surface area (Å²) in [5.74, 6) is 0. The monoisotopic (exact) mass is 240 g/mol. The van der Waals surface area contributed by atoms with Gasteiger partial charge in [0.15, 0.2) is 0 Å². The Balaban J connectivity index is 0.000000171. The fourth-order valence-corrected chi connectivity index (χ4v) is 1.24. The van der Waals surface area contributed by atoms with Gasteiger partial charge in [0, 0.05) is 0 Å². The average Bonchev–Trinajstić information content (AvgIpc) is 2.41. The fraction of sp³-hybridized carbons (Fsp3) is 0. The quantitative estimate of drug-likeness (QED) is 0.704. The largest absolute Gasteiger partial charge is 0.192 e. The summed E-state index contributed by atoms with van der Waals surface area (Å²) in [5.41, 5.74) is 1.24. The highest BCUT2D eigenvalue weighted by molar-refractivity contribution is 6.31. The van der Waals surface area contributed by atoms with Crippen LogP contribution in [0, 0.1) is 22.7 Å². The Hall–Kier alpha value is -2.29. The molecule has 0 aliphatic carbocycles. The number of hydrogen-bond donors (Lipinski definition) is 0. The van der Waals surface area contributed by atoms with E-state index in [4.69, 9.17) is 22.1 Å². The van der Waals surface area contributed by atoms with Crippen LogP contribution in [0.3, 0.4) is 0 Å². The lowest BCUT2D eigenvalue weighted by Gasteiger charge is -1.88. The van der Waals surface area contributed by atoms with E-state index in [1.807, 2.05) is 30.3 Å². The molecule has 0 bridgehead atoms. The molecule has 0 N–H and O–H groups in total. The minimum atomic E-state index is 0.514. The van der Waals surface area contributed by atoms with Crippen molar-refractivity contribution >= 4 is 11.6 Å². The maximum absolute atomic E-state index is 8.38. The van der Waals surface area contributed by atoms with E-state index in [0.717, 1.165) is 0 Å². The zero-order chi connectivity index (χ0) is 12.5. The molecule has 0 spiro atoms. The molecule has 0 fully saturated rings. The summed E-state index contributed by atoms with van der Waals surface area (Å²) in [6, 6.07) is 20.1. The first-order chi connectivity index (χ1) is 8.27. The molecule has 2 rings (SSSR count). The smallest absolute Gasteiger partial charge is 0.101 e. The van der Waals surface area contributed by atoms with Gasteiger partial charge < -0.3 is 0 Å². The SMILES string of the molecule is N#Cc1ccccc1.N#Cc1ccccc1Cl. The van der Waals surface area contributed by atoms with Crippen molar-refractivity contribution in [1.82, 2.24) is 0 Å². The van der Waals surface area contributed by atoms with E-state index < -0.39 is 0 Å². The van der Waals surface area contributed by atoms with Gasteiger partial charge in [0.2, 0.25) is 0 Å². The molecule has 2 aromatic carbocycles. The Morgan fingerprint density at radius 3 is 1.76 bits per heavy atom. The Morgan fingerprint density at radius 2 is 1.35 bits per heavy atom. The summed E-state index contributed by atoms with van der Waals surface area (Å²) in [6.07, 6.45) is 0. The van der Waals surface area contributed by atoms with Crippen LogP contribution in [0.4, 0.5) is 0 Å². The van der Waals surface area contributed by atoms with Crippen LogP contribution in [0.5, 0.6) is 0 Å². The van der Waals surface area contributed by atoms with Crippen LogP contribution in [-0.2, 0) is 0 Å². The maximum atomic E-state index is 8.38. The number of nitrogens with zero attached hydrogens (tertiary/aromatic N) is 2. The second-order valence-electron chi connectivity index (χ2n) is 3.07. The highest BCUT2D eigenvalue weighted by Gasteiger charge is 1.92. The van der Waals surface area contributed by atoms with Crippen LogP contribution in [-0.4, -0.2) is 0 Å². The molecule has 0 amide bonds. The molecule has 0 aromatic heterocycles. The summed E-state index contributed by atoms with van der Waals surface area (Å²) < 4.78 is 0. The van der Waals surface area contributed by atoms with Gasteiger partial charge in [-0.25, -0.2) is 0 Å². The molecule has 0 aliphatic rings. The van der Waals surface area contributed by atoms with Gasteiger partial charge in [-0.15, -0.1) is 0 Å². The molecule has 0 aliphatic heterocycles. The van der Waals surface area contributed by atoms with Crippen molar-refractivity contribution < 1.29 is 0 Å². The van der Waals surface area contributed by atoms with E-state index in [2.05, 4.69) is 0 Å². The van der Waals surface area contributed by atoms with Crippen LogP contribution in [0.25, 0.3) is 0 Å². The average molecular weight is 241 g/mol. The van der Waals surface area contributed by atoms with Crippen LogP contribution in [0.15, 0.2) is 54.6 Å². The predicted octanol–water partition coefficient (Wildman–Crippen LogP) is 3.77. The summed E-state index contributed by atoms with van der Waals surface area (Å²) in [5, 5.41) is 17.2.